The van der Waals surface area contributed by atoms with Crippen LogP contribution in [0, 0.1) is 0 Å². The van der Waals surface area contributed by atoms with E-state index in [0.717, 1.165) is 6.07 Å². The third kappa shape index (κ3) is 1.84. The first-order valence-electron chi connectivity index (χ1n) is 5.53. The Bertz CT molecular complexity index is 672. The molecule has 2 rings (SSSR count). The maximum atomic E-state index is 11.9. The SMILES string of the molecule is CCn1c(C(=O)O)cc(=O)c2cc(OC)ccc21. The summed E-state index contributed by atoms with van der Waals surface area (Å²) in [5.74, 6) is -0.531. The van der Waals surface area contributed by atoms with Gasteiger partial charge in [-0.1, -0.05) is 0 Å². The predicted molar refractivity (Wildman–Crippen MR) is 67.4 cm³/mol. The van der Waals surface area contributed by atoms with Crippen LogP contribution in [0.1, 0.15) is 17.4 Å². The van der Waals surface area contributed by atoms with E-state index in [4.69, 9.17) is 9.84 Å². The van der Waals surface area contributed by atoms with E-state index in [0.29, 0.717) is 23.2 Å². The van der Waals surface area contributed by atoms with E-state index in [1.54, 1.807) is 22.8 Å². The van der Waals surface area contributed by atoms with E-state index in [2.05, 4.69) is 0 Å². The van der Waals surface area contributed by atoms with Crippen molar-refractivity contribution in [1.29, 1.82) is 0 Å². The Hall–Kier alpha value is -2.30. The summed E-state index contributed by atoms with van der Waals surface area (Å²) >= 11 is 0. The highest BCUT2D eigenvalue weighted by Crippen LogP contribution is 2.19. The van der Waals surface area contributed by atoms with Gasteiger partial charge >= 0.3 is 5.97 Å². The largest absolute Gasteiger partial charge is 0.497 e. The summed E-state index contributed by atoms with van der Waals surface area (Å²) in [5, 5.41) is 9.56. The lowest BCUT2D eigenvalue weighted by atomic mass is 10.1. The molecule has 1 aromatic heterocycles. The number of aromatic nitrogens is 1. The molecule has 0 fully saturated rings. The molecule has 0 aliphatic carbocycles. The van der Waals surface area contributed by atoms with Crippen molar-refractivity contribution in [3.8, 4) is 5.75 Å². The normalized spacial score (nSPS) is 10.6. The van der Waals surface area contributed by atoms with Crippen molar-refractivity contribution in [2.24, 2.45) is 0 Å². The number of ether oxygens (including phenoxy) is 1. The van der Waals surface area contributed by atoms with Crippen LogP contribution in [0.5, 0.6) is 5.75 Å². The van der Waals surface area contributed by atoms with Crippen LogP contribution in [0.2, 0.25) is 0 Å². The summed E-state index contributed by atoms with van der Waals surface area (Å²) < 4.78 is 6.66. The van der Waals surface area contributed by atoms with Crippen LogP contribution in [0.25, 0.3) is 10.9 Å². The van der Waals surface area contributed by atoms with E-state index < -0.39 is 5.97 Å². The molecule has 1 N–H and O–H groups in total. The zero-order valence-electron chi connectivity index (χ0n) is 10.1. The van der Waals surface area contributed by atoms with Gasteiger partial charge in [-0.25, -0.2) is 4.79 Å². The Morgan fingerprint density at radius 3 is 2.67 bits per heavy atom. The average Bonchev–Trinajstić information content (AvgIpc) is 2.38. The highest BCUT2D eigenvalue weighted by molar-refractivity contribution is 5.90. The van der Waals surface area contributed by atoms with Gasteiger partial charge in [-0.05, 0) is 25.1 Å². The first-order valence-corrected chi connectivity index (χ1v) is 5.53. The number of aryl methyl sites for hydroxylation is 1. The van der Waals surface area contributed by atoms with Crippen molar-refractivity contribution >= 4 is 16.9 Å². The van der Waals surface area contributed by atoms with Crippen LogP contribution in [0.4, 0.5) is 0 Å². The molecule has 18 heavy (non-hydrogen) atoms. The second-order valence-corrected chi connectivity index (χ2v) is 3.83. The zero-order valence-corrected chi connectivity index (χ0v) is 10.1. The summed E-state index contributed by atoms with van der Waals surface area (Å²) in [4.78, 5) is 23.0. The van der Waals surface area contributed by atoms with Crippen molar-refractivity contribution in [2.75, 3.05) is 7.11 Å². The van der Waals surface area contributed by atoms with Gasteiger partial charge in [0.2, 0.25) is 0 Å². The molecule has 2 aromatic rings. The minimum atomic E-state index is -1.10. The molecule has 0 aliphatic heterocycles. The number of carboxylic acid groups (broad SMARTS) is 1. The summed E-state index contributed by atoms with van der Waals surface area (Å²) in [6.45, 7) is 2.31. The zero-order chi connectivity index (χ0) is 13.3. The number of carboxylic acids is 1. The minimum Gasteiger partial charge on any atom is -0.497 e. The molecule has 1 heterocycles. The lowest BCUT2D eigenvalue weighted by molar-refractivity contribution is 0.0685. The molecule has 5 heteroatoms. The molecule has 0 saturated carbocycles. The summed E-state index contributed by atoms with van der Waals surface area (Å²) in [6, 6.07) is 6.17. The summed E-state index contributed by atoms with van der Waals surface area (Å²) in [5.41, 5.74) is 0.286. The van der Waals surface area contributed by atoms with Crippen molar-refractivity contribution in [2.45, 2.75) is 13.5 Å². The van der Waals surface area contributed by atoms with Gasteiger partial charge in [-0.2, -0.15) is 0 Å². The van der Waals surface area contributed by atoms with Crippen molar-refractivity contribution in [1.82, 2.24) is 4.57 Å². The molecule has 0 aliphatic rings. The van der Waals surface area contributed by atoms with Crippen LogP contribution >= 0.6 is 0 Å². The molecule has 0 spiro atoms. The van der Waals surface area contributed by atoms with Gasteiger partial charge < -0.3 is 14.4 Å². The van der Waals surface area contributed by atoms with E-state index in [1.807, 2.05) is 6.92 Å². The molecule has 1 aromatic carbocycles. The monoisotopic (exact) mass is 247 g/mol. The number of hydrogen-bond donors (Lipinski definition) is 1. The number of nitrogens with zero attached hydrogens (tertiary/aromatic N) is 1. The lowest BCUT2D eigenvalue weighted by Gasteiger charge is -2.12. The van der Waals surface area contributed by atoms with Gasteiger partial charge in [0.1, 0.15) is 11.4 Å². The first-order chi connectivity index (χ1) is 8.58. The summed E-state index contributed by atoms with van der Waals surface area (Å²) in [7, 11) is 1.52. The van der Waals surface area contributed by atoms with E-state index in [9.17, 15) is 9.59 Å². The highest BCUT2D eigenvalue weighted by Gasteiger charge is 2.13. The van der Waals surface area contributed by atoms with Gasteiger partial charge in [-0.3, -0.25) is 4.79 Å². The Balaban J connectivity index is 2.89. The number of aromatic carboxylic acids is 1. The number of pyridine rings is 1. The smallest absolute Gasteiger partial charge is 0.352 e. The maximum Gasteiger partial charge on any atom is 0.352 e. The number of fused-ring (bicyclic) bond motifs is 1. The number of benzene rings is 1. The number of methoxy groups -OCH3 is 1. The van der Waals surface area contributed by atoms with Crippen LogP contribution in [0.3, 0.4) is 0 Å². The van der Waals surface area contributed by atoms with Crippen molar-refractivity contribution in [3.63, 3.8) is 0 Å². The molecule has 0 radical (unpaired) electrons. The molecule has 0 bridgehead atoms. The van der Waals surface area contributed by atoms with Crippen molar-refractivity contribution < 1.29 is 14.6 Å². The molecule has 0 saturated heterocycles. The molecule has 0 unspecified atom stereocenters. The molecule has 0 atom stereocenters. The van der Waals surface area contributed by atoms with E-state index >= 15 is 0 Å². The molecular formula is C13H13NO4. The lowest BCUT2D eigenvalue weighted by Crippen LogP contribution is -2.17. The Kier molecular flexibility index (Phi) is 3.06. The number of hydrogen-bond acceptors (Lipinski definition) is 3. The Morgan fingerprint density at radius 1 is 1.39 bits per heavy atom. The highest BCUT2D eigenvalue weighted by atomic mass is 16.5. The second kappa shape index (κ2) is 4.52. The quantitative estimate of drug-likeness (QED) is 0.896. The van der Waals surface area contributed by atoms with E-state index in [1.165, 1.54) is 7.11 Å². The van der Waals surface area contributed by atoms with Crippen LogP contribution in [-0.4, -0.2) is 22.8 Å². The minimum absolute atomic E-state index is 0.000154. The Labute approximate surface area is 103 Å². The number of rotatable bonds is 3. The van der Waals surface area contributed by atoms with Gasteiger partial charge in [0, 0.05) is 18.0 Å². The van der Waals surface area contributed by atoms with Gasteiger partial charge in [0.15, 0.2) is 5.43 Å². The standard InChI is InChI=1S/C13H13NO4/c1-3-14-10-5-4-8(18-2)6-9(10)12(15)7-11(14)13(16)17/h4-7H,3H2,1-2H3,(H,16,17). The number of carbonyl (C=O) groups is 1. The third-order valence-electron chi connectivity index (χ3n) is 2.85. The van der Waals surface area contributed by atoms with Crippen LogP contribution in [0.15, 0.2) is 29.1 Å². The average molecular weight is 247 g/mol. The van der Waals surface area contributed by atoms with Crippen LogP contribution < -0.4 is 10.2 Å². The van der Waals surface area contributed by atoms with Crippen LogP contribution in [-0.2, 0) is 6.54 Å². The van der Waals surface area contributed by atoms with E-state index in [-0.39, 0.29) is 11.1 Å². The van der Waals surface area contributed by atoms with Gasteiger partial charge in [0.05, 0.1) is 12.6 Å². The second-order valence-electron chi connectivity index (χ2n) is 3.83. The van der Waals surface area contributed by atoms with Crippen molar-refractivity contribution in [3.05, 3.63) is 40.2 Å². The Morgan fingerprint density at radius 2 is 2.11 bits per heavy atom. The predicted octanol–water partition coefficient (Wildman–Crippen LogP) is 1.73. The fraction of sp³-hybridized carbons (Fsp3) is 0.231. The molecule has 5 nitrogen and oxygen atoms in total. The molecule has 0 amide bonds. The fourth-order valence-electron chi connectivity index (χ4n) is 2.00. The molecule has 94 valence electrons. The fourth-order valence-corrected chi connectivity index (χ4v) is 2.00. The summed E-state index contributed by atoms with van der Waals surface area (Å²) in [6.07, 6.45) is 0. The first kappa shape index (κ1) is 12.2. The van der Waals surface area contributed by atoms with Gasteiger partial charge in [0.25, 0.3) is 0 Å². The molecular weight excluding hydrogens is 234 g/mol. The third-order valence-corrected chi connectivity index (χ3v) is 2.85. The topological polar surface area (TPSA) is 68.5 Å². The van der Waals surface area contributed by atoms with Gasteiger partial charge in [-0.15, -0.1) is 0 Å². The maximum absolute atomic E-state index is 11.9.